The summed E-state index contributed by atoms with van der Waals surface area (Å²) in [5.41, 5.74) is 7.00. The van der Waals surface area contributed by atoms with Gasteiger partial charge in [-0.15, -0.1) is 0 Å². The van der Waals surface area contributed by atoms with E-state index in [1.54, 1.807) is 22.5 Å². The van der Waals surface area contributed by atoms with Crippen LogP contribution in [0.4, 0.5) is 0 Å². The van der Waals surface area contributed by atoms with Gasteiger partial charge in [-0.3, -0.25) is 0 Å². The lowest BCUT2D eigenvalue weighted by Gasteiger charge is -2.31. The Kier molecular flexibility index (Phi) is 6.19. The first-order valence-electron chi connectivity index (χ1n) is 9.61. The molecule has 2 heterocycles. The van der Waals surface area contributed by atoms with Gasteiger partial charge in [0.25, 0.3) is 0 Å². The fourth-order valence-corrected chi connectivity index (χ4v) is 5.16. The van der Waals surface area contributed by atoms with Gasteiger partial charge in [0.2, 0.25) is 10.0 Å². The quantitative estimate of drug-likeness (QED) is 0.645. The minimum Gasteiger partial charge on any atom is -0.370 e. The summed E-state index contributed by atoms with van der Waals surface area (Å²) in [7, 11) is -3.41. The number of hydrogen-bond donors (Lipinski definition) is 1. The van der Waals surface area contributed by atoms with Crippen molar-refractivity contribution in [1.29, 1.82) is 0 Å². The first-order valence-corrected chi connectivity index (χ1v) is 11.0. The number of sulfonamides is 1. The summed E-state index contributed by atoms with van der Waals surface area (Å²) in [6, 6.07) is 7.11. The average Bonchev–Trinajstić information content (AvgIpc) is 2.67. The molecule has 144 valence electrons. The molecule has 2 fully saturated rings. The third kappa shape index (κ3) is 4.57. The third-order valence-corrected chi connectivity index (χ3v) is 7.28. The molecule has 2 saturated heterocycles. The van der Waals surface area contributed by atoms with E-state index in [0.717, 1.165) is 56.7 Å². The van der Waals surface area contributed by atoms with Crippen LogP contribution in [0.3, 0.4) is 0 Å². The number of rotatable bonds is 4. The number of guanidine groups is 1. The van der Waals surface area contributed by atoms with Gasteiger partial charge in [0.05, 0.1) is 11.4 Å². The van der Waals surface area contributed by atoms with Gasteiger partial charge >= 0.3 is 0 Å². The summed E-state index contributed by atoms with van der Waals surface area (Å²) in [5.74, 6) is 1.30. The van der Waals surface area contributed by atoms with E-state index in [9.17, 15) is 8.42 Å². The van der Waals surface area contributed by atoms with Crippen molar-refractivity contribution < 1.29 is 8.42 Å². The summed E-state index contributed by atoms with van der Waals surface area (Å²) >= 11 is 0. The van der Waals surface area contributed by atoms with Crippen LogP contribution in [-0.2, 0) is 16.6 Å². The third-order valence-electron chi connectivity index (χ3n) is 5.38. The largest absolute Gasteiger partial charge is 0.370 e. The predicted molar refractivity (Wildman–Crippen MR) is 104 cm³/mol. The van der Waals surface area contributed by atoms with Crippen molar-refractivity contribution >= 4 is 16.0 Å². The van der Waals surface area contributed by atoms with E-state index in [1.165, 1.54) is 0 Å². The lowest BCUT2D eigenvalue weighted by atomic mass is 10.00. The minimum absolute atomic E-state index is 0.359. The van der Waals surface area contributed by atoms with Crippen LogP contribution in [0.1, 0.15) is 44.6 Å². The fraction of sp³-hybridized carbons (Fsp3) is 0.632. The Hall–Kier alpha value is -1.60. The maximum atomic E-state index is 12.8. The molecular weight excluding hydrogens is 348 g/mol. The van der Waals surface area contributed by atoms with E-state index in [0.29, 0.717) is 30.5 Å². The summed E-state index contributed by atoms with van der Waals surface area (Å²) in [5, 5.41) is 0. The second-order valence-corrected chi connectivity index (χ2v) is 9.39. The lowest BCUT2D eigenvalue weighted by Crippen LogP contribution is -2.42. The highest BCUT2D eigenvalue weighted by atomic mass is 32.2. The number of aliphatic imine (C=N–C) groups is 1. The lowest BCUT2D eigenvalue weighted by molar-refractivity contribution is 0.277. The standard InChI is InChI=1S/C19H30N4O2S/c1-16-8-12-22(13-9-16)19(20)21-15-17-6-5-7-18(14-17)26(24,25)23-10-3-2-4-11-23/h5-7,14,16H,2-4,8-13,15H2,1H3,(H2,20,21). The average molecular weight is 379 g/mol. The van der Waals surface area contributed by atoms with Crippen LogP contribution in [-0.4, -0.2) is 49.8 Å². The van der Waals surface area contributed by atoms with Crippen molar-refractivity contribution in [2.45, 2.75) is 50.5 Å². The summed E-state index contributed by atoms with van der Waals surface area (Å²) < 4.78 is 27.2. The SMILES string of the molecule is CC1CCN(C(N)=NCc2cccc(S(=O)(=O)N3CCCCC3)c2)CC1. The zero-order valence-corrected chi connectivity index (χ0v) is 16.4. The number of likely N-dealkylation sites (tertiary alicyclic amines) is 1. The van der Waals surface area contributed by atoms with Gasteiger partial charge in [0, 0.05) is 26.2 Å². The van der Waals surface area contributed by atoms with Gasteiger partial charge < -0.3 is 10.6 Å². The van der Waals surface area contributed by atoms with Crippen molar-refractivity contribution in [3.63, 3.8) is 0 Å². The Morgan fingerprint density at radius 3 is 2.54 bits per heavy atom. The van der Waals surface area contributed by atoms with Gasteiger partial charge in [-0.2, -0.15) is 4.31 Å². The number of hydrogen-bond acceptors (Lipinski definition) is 3. The number of nitrogens with two attached hydrogens (primary N) is 1. The van der Waals surface area contributed by atoms with E-state index < -0.39 is 10.0 Å². The van der Waals surface area contributed by atoms with E-state index in [2.05, 4.69) is 16.8 Å². The summed E-state index contributed by atoms with van der Waals surface area (Å²) in [6.07, 6.45) is 5.26. The molecule has 6 nitrogen and oxygen atoms in total. The molecule has 1 aromatic carbocycles. The molecule has 2 N–H and O–H groups in total. The van der Waals surface area contributed by atoms with E-state index >= 15 is 0 Å². The molecule has 0 spiro atoms. The van der Waals surface area contributed by atoms with Crippen LogP contribution in [0.2, 0.25) is 0 Å². The molecule has 2 aliphatic rings. The van der Waals surface area contributed by atoms with Crippen LogP contribution in [0.25, 0.3) is 0 Å². The second kappa shape index (κ2) is 8.39. The smallest absolute Gasteiger partial charge is 0.243 e. The van der Waals surface area contributed by atoms with E-state index in [-0.39, 0.29) is 0 Å². The van der Waals surface area contributed by atoms with Crippen LogP contribution in [0, 0.1) is 5.92 Å². The molecule has 0 saturated carbocycles. The molecule has 0 atom stereocenters. The van der Waals surface area contributed by atoms with E-state index in [1.807, 2.05) is 6.07 Å². The van der Waals surface area contributed by atoms with E-state index in [4.69, 9.17) is 5.73 Å². The van der Waals surface area contributed by atoms with Crippen LogP contribution in [0.15, 0.2) is 34.2 Å². The zero-order valence-electron chi connectivity index (χ0n) is 15.6. The summed E-state index contributed by atoms with van der Waals surface area (Å²) in [4.78, 5) is 6.97. The molecule has 0 aromatic heterocycles. The molecule has 1 aromatic rings. The van der Waals surface area contributed by atoms with Crippen LogP contribution < -0.4 is 5.73 Å². The topological polar surface area (TPSA) is 79.0 Å². The molecule has 2 aliphatic heterocycles. The maximum absolute atomic E-state index is 12.8. The Labute approximate surface area is 157 Å². The van der Waals surface area contributed by atoms with Gasteiger partial charge in [-0.05, 0) is 49.3 Å². The highest BCUT2D eigenvalue weighted by Crippen LogP contribution is 2.22. The van der Waals surface area contributed by atoms with Crippen molar-refractivity contribution in [2.75, 3.05) is 26.2 Å². The molecule has 0 bridgehead atoms. The molecule has 0 unspecified atom stereocenters. The number of nitrogens with zero attached hydrogens (tertiary/aromatic N) is 3. The Morgan fingerprint density at radius 2 is 1.85 bits per heavy atom. The fourth-order valence-electron chi connectivity index (χ4n) is 3.57. The first-order chi connectivity index (χ1) is 12.5. The van der Waals surface area contributed by atoms with Crippen molar-refractivity contribution in [2.24, 2.45) is 16.6 Å². The highest BCUT2D eigenvalue weighted by Gasteiger charge is 2.26. The van der Waals surface area contributed by atoms with Gasteiger partial charge in [-0.25, -0.2) is 13.4 Å². The normalized spacial score (nSPS) is 21.1. The second-order valence-electron chi connectivity index (χ2n) is 7.46. The Morgan fingerprint density at radius 1 is 1.15 bits per heavy atom. The van der Waals surface area contributed by atoms with Gasteiger partial charge in [0.1, 0.15) is 0 Å². The van der Waals surface area contributed by atoms with Gasteiger partial charge in [0.15, 0.2) is 5.96 Å². The Bertz CT molecular complexity index is 734. The highest BCUT2D eigenvalue weighted by molar-refractivity contribution is 7.89. The first kappa shape index (κ1) is 19.2. The van der Waals surface area contributed by atoms with Crippen LogP contribution >= 0.6 is 0 Å². The zero-order chi connectivity index (χ0) is 18.6. The van der Waals surface area contributed by atoms with Crippen molar-refractivity contribution in [1.82, 2.24) is 9.21 Å². The minimum atomic E-state index is -3.41. The van der Waals surface area contributed by atoms with Gasteiger partial charge in [-0.1, -0.05) is 25.5 Å². The number of piperidine rings is 2. The molecule has 0 amide bonds. The molecule has 0 radical (unpaired) electrons. The molecule has 26 heavy (non-hydrogen) atoms. The molecule has 7 heteroatoms. The summed E-state index contributed by atoms with van der Waals surface area (Å²) in [6.45, 7) is 5.79. The molecular formula is C19H30N4O2S. The number of benzene rings is 1. The predicted octanol–water partition coefficient (Wildman–Crippen LogP) is 2.41. The Balaban J connectivity index is 1.68. The van der Waals surface area contributed by atoms with Crippen LogP contribution in [0.5, 0.6) is 0 Å². The monoisotopic (exact) mass is 378 g/mol. The molecule has 3 rings (SSSR count). The van der Waals surface area contributed by atoms with Crippen molar-refractivity contribution in [3.05, 3.63) is 29.8 Å². The van der Waals surface area contributed by atoms with Crippen molar-refractivity contribution in [3.8, 4) is 0 Å². The maximum Gasteiger partial charge on any atom is 0.243 e. The molecule has 0 aliphatic carbocycles.